The van der Waals surface area contributed by atoms with E-state index < -0.39 is 5.82 Å². The Kier molecular flexibility index (Phi) is 2.18. The standard InChI is InChI=1S/C5H5BrFN3/c6-5-4(7)1-3(10-8)2-9-5/h1-2,10H,8H2. The minimum absolute atomic E-state index is 0.187. The van der Waals surface area contributed by atoms with Gasteiger partial charge in [0.05, 0.1) is 11.9 Å². The zero-order valence-electron chi connectivity index (χ0n) is 4.94. The predicted octanol–water partition coefficient (Wildman–Crippen LogP) is 1.27. The molecule has 0 aliphatic heterocycles. The Morgan fingerprint density at radius 3 is 2.90 bits per heavy atom. The number of halogens is 2. The normalized spacial score (nSPS) is 9.50. The van der Waals surface area contributed by atoms with E-state index in [1.54, 1.807) is 0 Å². The number of nitrogens with one attached hydrogen (secondary N) is 1. The summed E-state index contributed by atoms with van der Waals surface area (Å²) in [5.41, 5.74) is 2.72. The van der Waals surface area contributed by atoms with Gasteiger partial charge in [-0.3, -0.25) is 5.84 Å². The third-order valence-corrected chi connectivity index (χ3v) is 1.55. The minimum atomic E-state index is -0.435. The molecule has 0 atom stereocenters. The Labute approximate surface area is 65.5 Å². The van der Waals surface area contributed by atoms with Gasteiger partial charge < -0.3 is 5.43 Å². The summed E-state index contributed by atoms with van der Waals surface area (Å²) in [6, 6.07) is 1.25. The molecule has 0 saturated carbocycles. The minimum Gasteiger partial charge on any atom is -0.323 e. The SMILES string of the molecule is NNc1cnc(Br)c(F)c1. The van der Waals surface area contributed by atoms with Gasteiger partial charge >= 0.3 is 0 Å². The van der Waals surface area contributed by atoms with Crippen LogP contribution in [0.15, 0.2) is 16.9 Å². The van der Waals surface area contributed by atoms with Crippen molar-refractivity contribution in [3.8, 4) is 0 Å². The lowest BCUT2D eigenvalue weighted by Gasteiger charge is -1.98. The lowest BCUT2D eigenvalue weighted by Crippen LogP contribution is -2.07. The zero-order chi connectivity index (χ0) is 7.56. The molecule has 0 aromatic carbocycles. The lowest BCUT2D eigenvalue weighted by atomic mass is 10.4. The van der Waals surface area contributed by atoms with Crippen LogP contribution in [-0.2, 0) is 0 Å². The van der Waals surface area contributed by atoms with Gasteiger partial charge in [0, 0.05) is 6.07 Å². The van der Waals surface area contributed by atoms with Crippen molar-refractivity contribution in [2.24, 2.45) is 5.84 Å². The number of hydrazine groups is 1. The quantitative estimate of drug-likeness (QED) is 0.413. The summed E-state index contributed by atoms with van der Waals surface area (Å²) in [7, 11) is 0. The number of anilines is 1. The van der Waals surface area contributed by atoms with Crippen molar-refractivity contribution in [3.05, 3.63) is 22.7 Å². The Bertz CT molecular complexity index is 240. The largest absolute Gasteiger partial charge is 0.323 e. The third kappa shape index (κ3) is 1.43. The van der Waals surface area contributed by atoms with E-state index in [0.717, 1.165) is 0 Å². The predicted molar refractivity (Wildman–Crippen MR) is 39.7 cm³/mol. The molecule has 3 nitrogen and oxygen atoms in total. The number of hydrogen-bond acceptors (Lipinski definition) is 3. The molecule has 1 aromatic heterocycles. The van der Waals surface area contributed by atoms with Gasteiger partial charge in [-0.05, 0) is 15.9 Å². The smallest absolute Gasteiger partial charge is 0.158 e. The summed E-state index contributed by atoms with van der Waals surface area (Å²) in [4.78, 5) is 3.65. The van der Waals surface area contributed by atoms with Gasteiger partial charge in [0.1, 0.15) is 4.60 Å². The Balaban J connectivity index is 3.04. The maximum Gasteiger partial charge on any atom is 0.158 e. The summed E-state index contributed by atoms with van der Waals surface area (Å²) < 4.78 is 12.7. The maximum atomic E-state index is 12.6. The highest BCUT2D eigenvalue weighted by molar-refractivity contribution is 9.10. The van der Waals surface area contributed by atoms with Crippen molar-refractivity contribution in [2.75, 3.05) is 5.43 Å². The zero-order valence-corrected chi connectivity index (χ0v) is 6.52. The highest BCUT2D eigenvalue weighted by Gasteiger charge is 1.99. The van der Waals surface area contributed by atoms with E-state index in [1.165, 1.54) is 12.3 Å². The number of rotatable bonds is 1. The highest BCUT2D eigenvalue weighted by atomic mass is 79.9. The van der Waals surface area contributed by atoms with E-state index in [-0.39, 0.29) is 4.60 Å². The van der Waals surface area contributed by atoms with Crippen molar-refractivity contribution in [1.29, 1.82) is 0 Å². The molecule has 0 aliphatic rings. The molecule has 0 aliphatic carbocycles. The fourth-order valence-corrected chi connectivity index (χ4v) is 0.717. The molecule has 0 fully saturated rings. The fraction of sp³-hybridized carbons (Fsp3) is 0. The first kappa shape index (κ1) is 7.43. The summed E-state index contributed by atoms with van der Waals surface area (Å²) >= 11 is 2.90. The molecule has 1 aromatic rings. The van der Waals surface area contributed by atoms with E-state index >= 15 is 0 Å². The van der Waals surface area contributed by atoms with Crippen LogP contribution in [0.25, 0.3) is 0 Å². The molecule has 1 heterocycles. The molecule has 5 heteroatoms. The second-order valence-electron chi connectivity index (χ2n) is 1.64. The van der Waals surface area contributed by atoms with Gasteiger partial charge in [0.15, 0.2) is 5.82 Å². The van der Waals surface area contributed by atoms with E-state index in [0.29, 0.717) is 5.69 Å². The topological polar surface area (TPSA) is 50.9 Å². The summed E-state index contributed by atoms with van der Waals surface area (Å²) in [6.07, 6.45) is 1.42. The number of aromatic nitrogens is 1. The van der Waals surface area contributed by atoms with Crippen molar-refractivity contribution >= 4 is 21.6 Å². The second-order valence-corrected chi connectivity index (χ2v) is 2.39. The van der Waals surface area contributed by atoms with Gasteiger partial charge in [-0.25, -0.2) is 9.37 Å². The molecular formula is C5H5BrFN3. The molecule has 10 heavy (non-hydrogen) atoms. The van der Waals surface area contributed by atoms with Crippen molar-refractivity contribution in [2.45, 2.75) is 0 Å². The van der Waals surface area contributed by atoms with Crippen LogP contribution in [0.4, 0.5) is 10.1 Å². The maximum absolute atomic E-state index is 12.6. The van der Waals surface area contributed by atoms with Gasteiger partial charge in [-0.1, -0.05) is 0 Å². The number of nitrogen functional groups attached to an aromatic ring is 1. The Morgan fingerprint density at radius 1 is 1.70 bits per heavy atom. The first-order valence-electron chi connectivity index (χ1n) is 2.51. The molecule has 0 saturated heterocycles. The number of nitrogens with zero attached hydrogens (tertiary/aromatic N) is 1. The second kappa shape index (κ2) is 2.94. The monoisotopic (exact) mass is 205 g/mol. The highest BCUT2D eigenvalue weighted by Crippen LogP contribution is 2.14. The molecule has 0 amide bonds. The third-order valence-electron chi connectivity index (χ3n) is 0.963. The molecule has 3 N–H and O–H groups in total. The van der Waals surface area contributed by atoms with Crippen LogP contribution in [0.3, 0.4) is 0 Å². The van der Waals surface area contributed by atoms with Crippen LogP contribution in [0.5, 0.6) is 0 Å². The van der Waals surface area contributed by atoms with Crippen LogP contribution in [-0.4, -0.2) is 4.98 Å². The van der Waals surface area contributed by atoms with Crippen LogP contribution < -0.4 is 11.3 Å². The van der Waals surface area contributed by atoms with E-state index in [4.69, 9.17) is 5.84 Å². The number of hydrogen-bond donors (Lipinski definition) is 2. The van der Waals surface area contributed by atoms with Crippen LogP contribution in [0, 0.1) is 5.82 Å². The first-order chi connectivity index (χ1) is 4.74. The lowest BCUT2D eigenvalue weighted by molar-refractivity contribution is 0.613. The van der Waals surface area contributed by atoms with E-state index in [9.17, 15) is 4.39 Å². The molecule has 1 rings (SSSR count). The Morgan fingerprint density at radius 2 is 2.40 bits per heavy atom. The van der Waals surface area contributed by atoms with Crippen molar-refractivity contribution in [3.63, 3.8) is 0 Å². The van der Waals surface area contributed by atoms with Gasteiger partial charge in [-0.15, -0.1) is 0 Å². The van der Waals surface area contributed by atoms with Gasteiger partial charge in [-0.2, -0.15) is 0 Å². The number of nitrogens with two attached hydrogens (primary N) is 1. The number of pyridine rings is 1. The molecular weight excluding hydrogens is 201 g/mol. The molecule has 0 spiro atoms. The van der Waals surface area contributed by atoms with Gasteiger partial charge in [0.25, 0.3) is 0 Å². The summed E-state index contributed by atoms with van der Waals surface area (Å²) in [5, 5.41) is 0. The molecule has 54 valence electrons. The van der Waals surface area contributed by atoms with Crippen molar-refractivity contribution < 1.29 is 4.39 Å². The fourth-order valence-electron chi connectivity index (χ4n) is 0.500. The Hall–Kier alpha value is -0.680. The average Bonchev–Trinajstić information content (AvgIpc) is 1.95. The molecule has 0 bridgehead atoms. The molecule has 0 radical (unpaired) electrons. The van der Waals surface area contributed by atoms with Gasteiger partial charge in [0.2, 0.25) is 0 Å². The van der Waals surface area contributed by atoms with Crippen LogP contribution >= 0.6 is 15.9 Å². The van der Waals surface area contributed by atoms with Crippen LogP contribution in [0.1, 0.15) is 0 Å². The summed E-state index contributed by atoms with van der Waals surface area (Å²) in [6.45, 7) is 0. The van der Waals surface area contributed by atoms with Crippen molar-refractivity contribution in [1.82, 2.24) is 4.98 Å². The molecule has 0 unspecified atom stereocenters. The average molecular weight is 206 g/mol. The summed E-state index contributed by atoms with van der Waals surface area (Å²) in [5.74, 6) is 4.56. The van der Waals surface area contributed by atoms with E-state index in [2.05, 4.69) is 26.3 Å². The van der Waals surface area contributed by atoms with E-state index in [1.807, 2.05) is 0 Å². The van der Waals surface area contributed by atoms with Crippen LogP contribution in [0.2, 0.25) is 0 Å². The first-order valence-corrected chi connectivity index (χ1v) is 3.31.